The molecule has 0 N–H and O–H groups in total. The van der Waals surface area contributed by atoms with Crippen LogP contribution in [0.5, 0.6) is 0 Å². The molecule has 0 aromatic rings. The first-order chi connectivity index (χ1) is 8.06. The SMILES string of the molecule is CCCN(C)C1=C(CC)C[C@@H](C)C(C)C1CC. The van der Waals surface area contributed by atoms with Crippen LogP contribution < -0.4 is 0 Å². The smallest absolute Gasteiger partial charge is 0.0169 e. The molecule has 0 aromatic heterocycles. The Morgan fingerprint density at radius 1 is 1.18 bits per heavy atom. The Hall–Kier alpha value is -0.460. The molecule has 1 aliphatic carbocycles. The van der Waals surface area contributed by atoms with Crippen LogP contribution in [0, 0.1) is 17.8 Å². The van der Waals surface area contributed by atoms with Gasteiger partial charge in [-0.05, 0) is 37.5 Å². The third kappa shape index (κ3) is 3.05. The molecule has 0 saturated heterocycles. The normalized spacial score (nSPS) is 29.6. The van der Waals surface area contributed by atoms with Gasteiger partial charge in [0.1, 0.15) is 0 Å². The van der Waals surface area contributed by atoms with Crippen molar-refractivity contribution in [2.75, 3.05) is 13.6 Å². The minimum absolute atomic E-state index is 0.783. The lowest BCUT2D eigenvalue weighted by Crippen LogP contribution is -2.35. The van der Waals surface area contributed by atoms with Gasteiger partial charge in [-0.2, -0.15) is 0 Å². The molecule has 0 bridgehead atoms. The number of hydrogen-bond donors (Lipinski definition) is 0. The number of rotatable bonds is 5. The van der Waals surface area contributed by atoms with Crippen LogP contribution in [0.15, 0.2) is 11.3 Å². The van der Waals surface area contributed by atoms with Gasteiger partial charge in [-0.25, -0.2) is 0 Å². The maximum Gasteiger partial charge on any atom is 0.0169 e. The van der Waals surface area contributed by atoms with E-state index in [-0.39, 0.29) is 0 Å². The maximum absolute atomic E-state index is 2.54. The molecule has 0 amide bonds. The molecule has 1 rings (SSSR count). The van der Waals surface area contributed by atoms with Gasteiger partial charge >= 0.3 is 0 Å². The largest absolute Gasteiger partial charge is 0.378 e. The lowest BCUT2D eigenvalue weighted by Gasteiger charge is -2.41. The van der Waals surface area contributed by atoms with Crippen molar-refractivity contribution in [1.29, 1.82) is 0 Å². The van der Waals surface area contributed by atoms with Crippen LogP contribution in [0.25, 0.3) is 0 Å². The summed E-state index contributed by atoms with van der Waals surface area (Å²) in [4.78, 5) is 2.54. The predicted molar refractivity (Wildman–Crippen MR) is 77.0 cm³/mol. The lowest BCUT2D eigenvalue weighted by molar-refractivity contribution is 0.206. The zero-order valence-electron chi connectivity index (χ0n) is 12.7. The first-order valence-corrected chi connectivity index (χ1v) is 7.49. The van der Waals surface area contributed by atoms with Gasteiger partial charge in [-0.3, -0.25) is 0 Å². The standard InChI is InChI=1S/C16H31N/c1-7-10-17(6)16-14(8-2)11-12(4)13(5)15(16)9-3/h12-13,15H,7-11H2,1-6H3/t12-,13?,15?/m1/s1. The second-order valence-electron chi connectivity index (χ2n) is 5.82. The summed E-state index contributed by atoms with van der Waals surface area (Å²) in [6, 6.07) is 0. The fourth-order valence-corrected chi connectivity index (χ4v) is 3.49. The average Bonchev–Trinajstić information content (AvgIpc) is 2.31. The monoisotopic (exact) mass is 237 g/mol. The Labute approximate surface area is 108 Å². The van der Waals surface area contributed by atoms with E-state index in [0.717, 1.165) is 17.8 Å². The topological polar surface area (TPSA) is 3.24 Å². The summed E-state index contributed by atoms with van der Waals surface area (Å²) in [6.45, 7) is 13.0. The molecule has 0 saturated carbocycles. The first-order valence-electron chi connectivity index (χ1n) is 7.49. The molecule has 0 fully saturated rings. The summed E-state index contributed by atoms with van der Waals surface area (Å²) in [6.07, 6.45) is 5.09. The molecule has 0 aliphatic heterocycles. The van der Waals surface area contributed by atoms with Crippen LogP contribution in [0.4, 0.5) is 0 Å². The van der Waals surface area contributed by atoms with Crippen molar-refractivity contribution in [2.45, 2.75) is 60.3 Å². The summed E-state index contributed by atoms with van der Waals surface area (Å²) in [5.41, 5.74) is 3.40. The molecule has 0 aromatic carbocycles. The van der Waals surface area contributed by atoms with Crippen molar-refractivity contribution < 1.29 is 0 Å². The van der Waals surface area contributed by atoms with Crippen molar-refractivity contribution in [3.63, 3.8) is 0 Å². The van der Waals surface area contributed by atoms with Crippen LogP contribution >= 0.6 is 0 Å². The molecule has 0 spiro atoms. The van der Waals surface area contributed by atoms with Crippen molar-refractivity contribution in [1.82, 2.24) is 4.90 Å². The van der Waals surface area contributed by atoms with Crippen molar-refractivity contribution in [2.24, 2.45) is 17.8 Å². The highest BCUT2D eigenvalue weighted by atomic mass is 15.1. The summed E-state index contributed by atoms with van der Waals surface area (Å²) in [7, 11) is 2.29. The van der Waals surface area contributed by atoms with E-state index in [1.807, 2.05) is 0 Å². The minimum Gasteiger partial charge on any atom is -0.378 e. The van der Waals surface area contributed by atoms with E-state index in [9.17, 15) is 0 Å². The molecular formula is C16H31N. The molecule has 3 atom stereocenters. The van der Waals surface area contributed by atoms with Gasteiger partial charge in [-0.1, -0.05) is 40.2 Å². The van der Waals surface area contributed by atoms with E-state index in [1.54, 1.807) is 11.3 Å². The molecule has 2 unspecified atom stereocenters. The second-order valence-corrected chi connectivity index (χ2v) is 5.82. The molecule has 1 aliphatic rings. The van der Waals surface area contributed by atoms with E-state index in [4.69, 9.17) is 0 Å². The first kappa shape index (κ1) is 14.6. The number of nitrogens with zero attached hydrogens (tertiary/aromatic N) is 1. The molecule has 1 heteroatoms. The Morgan fingerprint density at radius 2 is 1.82 bits per heavy atom. The Bertz CT molecular complexity index is 267. The predicted octanol–water partition coefficient (Wildman–Crippen LogP) is 4.69. The van der Waals surface area contributed by atoms with Gasteiger partial charge in [-0.15, -0.1) is 0 Å². The van der Waals surface area contributed by atoms with E-state index in [1.165, 1.54) is 32.2 Å². The van der Waals surface area contributed by atoms with Crippen LogP contribution in [0.1, 0.15) is 60.3 Å². The van der Waals surface area contributed by atoms with Gasteiger partial charge < -0.3 is 4.90 Å². The van der Waals surface area contributed by atoms with Crippen molar-refractivity contribution >= 4 is 0 Å². The Balaban J connectivity index is 3.04. The molecule has 0 radical (unpaired) electrons. The van der Waals surface area contributed by atoms with Crippen LogP contribution in [0.3, 0.4) is 0 Å². The third-order valence-corrected chi connectivity index (χ3v) is 4.65. The summed E-state index contributed by atoms with van der Waals surface area (Å²) < 4.78 is 0. The van der Waals surface area contributed by atoms with Crippen LogP contribution in [-0.2, 0) is 0 Å². The fourth-order valence-electron chi connectivity index (χ4n) is 3.49. The molecule has 0 heterocycles. The highest BCUT2D eigenvalue weighted by Gasteiger charge is 2.33. The van der Waals surface area contributed by atoms with Crippen LogP contribution in [0.2, 0.25) is 0 Å². The van der Waals surface area contributed by atoms with E-state index in [2.05, 4.69) is 46.6 Å². The molecular weight excluding hydrogens is 206 g/mol. The van der Waals surface area contributed by atoms with E-state index < -0.39 is 0 Å². The zero-order chi connectivity index (χ0) is 13.0. The summed E-state index contributed by atoms with van der Waals surface area (Å²) in [5.74, 6) is 2.48. The summed E-state index contributed by atoms with van der Waals surface area (Å²) in [5, 5.41) is 0. The molecule has 100 valence electrons. The highest BCUT2D eigenvalue weighted by Crippen LogP contribution is 2.42. The Morgan fingerprint density at radius 3 is 2.29 bits per heavy atom. The van der Waals surface area contributed by atoms with Gasteiger partial charge in [0.15, 0.2) is 0 Å². The highest BCUT2D eigenvalue weighted by molar-refractivity contribution is 5.21. The zero-order valence-corrected chi connectivity index (χ0v) is 12.7. The average molecular weight is 237 g/mol. The maximum atomic E-state index is 2.54. The van der Waals surface area contributed by atoms with E-state index in [0.29, 0.717) is 0 Å². The fraction of sp³-hybridized carbons (Fsp3) is 0.875. The quantitative estimate of drug-likeness (QED) is 0.670. The van der Waals surface area contributed by atoms with Crippen molar-refractivity contribution in [3.8, 4) is 0 Å². The summed E-state index contributed by atoms with van der Waals surface area (Å²) >= 11 is 0. The van der Waals surface area contributed by atoms with Gasteiger partial charge in [0.2, 0.25) is 0 Å². The number of allylic oxidation sites excluding steroid dienone is 2. The third-order valence-electron chi connectivity index (χ3n) is 4.65. The second kappa shape index (κ2) is 6.47. The van der Waals surface area contributed by atoms with Crippen LogP contribution in [-0.4, -0.2) is 18.5 Å². The van der Waals surface area contributed by atoms with Gasteiger partial charge in [0, 0.05) is 25.2 Å². The minimum atomic E-state index is 0.783. The van der Waals surface area contributed by atoms with Gasteiger partial charge in [0.05, 0.1) is 0 Å². The lowest BCUT2D eigenvalue weighted by atomic mass is 9.71. The van der Waals surface area contributed by atoms with Crippen molar-refractivity contribution in [3.05, 3.63) is 11.3 Å². The molecule has 1 nitrogen and oxygen atoms in total. The van der Waals surface area contributed by atoms with E-state index >= 15 is 0 Å². The molecule has 17 heavy (non-hydrogen) atoms. The Kier molecular flexibility index (Phi) is 5.55. The van der Waals surface area contributed by atoms with Gasteiger partial charge in [0.25, 0.3) is 0 Å². The number of hydrogen-bond acceptors (Lipinski definition) is 1.